The quantitative estimate of drug-likeness (QED) is 0.651. The van der Waals surface area contributed by atoms with Crippen LogP contribution in [0.4, 0.5) is 0 Å². The van der Waals surface area contributed by atoms with E-state index in [9.17, 15) is 8.42 Å². The van der Waals surface area contributed by atoms with Gasteiger partial charge in [-0.15, -0.1) is 11.6 Å². The summed E-state index contributed by atoms with van der Waals surface area (Å²) in [6.07, 6.45) is 0. The van der Waals surface area contributed by atoms with Crippen LogP contribution < -0.4 is 4.72 Å². The minimum atomic E-state index is -3.14. The van der Waals surface area contributed by atoms with Gasteiger partial charge in [0.25, 0.3) is 0 Å². The first-order chi connectivity index (χ1) is 4.54. The summed E-state index contributed by atoms with van der Waals surface area (Å²) in [5.41, 5.74) is 0. The fourth-order valence-electron chi connectivity index (χ4n) is 0.426. The van der Waals surface area contributed by atoms with Crippen LogP contribution in [0.15, 0.2) is 0 Å². The van der Waals surface area contributed by atoms with Crippen LogP contribution in [-0.4, -0.2) is 26.1 Å². The molecule has 0 amide bonds. The maximum atomic E-state index is 11.0. The molecule has 1 atom stereocenters. The third kappa shape index (κ3) is 2.86. The van der Waals surface area contributed by atoms with Crippen molar-refractivity contribution in [1.29, 1.82) is 0 Å². The number of alkyl halides is 1. The number of hydrogen-bond donors (Lipinski definition) is 1. The van der Waals surface area contributed by atoms with Crippen molar-refractivity contribution in [3.05, 3.63) is 0 Å². The summed E-state index contributed by atoms with van der Waals surface area (Å²) in [5.74, 6) is 0.134. The van der Waals surface area contributed by atoms with Gasteiger partial charge in [0.15, 0.2) is 0 Å². The minimum absolute atomic E-state index is 0.134. The van der Waals surface area contributed by atoms with Crippen LogP contribution in [0.1, 0.15) is 13.8 Å². The predicted octanol–water partition coefficient (Wildman–Crippen LogP) is 0.553. The predicted molar refractivity (Wildman–Crippen MR) is 42.8 cm³/mol. The Morgan fingerprint density at radius 2 is 2.10 bits per heavy atom. The van der Waals surface area contributed by atoms with Crippen LogP contribution in [-0.2, 0) is 10.0 Å². The van der Waals surface area contributed by atoms with E-state index in [1.807, 2.05) is 0 Å². The molecule has 1 N–H and O–H groups in total. The molecule has 0 saturated carbocycles. The van der Waals surface area contributed by atoms with Crippen molar-refractivity contribution in [1.82, 2.24) is 4.72 Å². The van der Waals surface area contributed by atoms with Gasteiger partial charge in [-0.1, -0.05) is 6.92 Å². The molecule has 1 unspecified atom stereocenters. The number of sulfonamides is 1. The summed E-state index contributed by atoms with van der Waals surface area (Å²) in [4.78, 5) is 0. The highest BCUT2D eigenvalue weighted by Gasteiger charge is 2.17. The molecule has 0 radical (unpaired) electrons. The van der Waals surface area contributed by atoms with Crippen molar-refractivity contribution < 1.29 is 8.42 Å². The highest BCUT2D eigenvalue weighted by Crippen LogP contribution is 1.99. The molecule has 0 spiro atoms. The largest absolute Gasteiger partial charge is 0.215 e. The van der Waals surface area contributed by atoms with Crippen LogP contribution in [0.2, 0.25) is 0 Å². The summed E-state index contributed by atoms with van der Waals surface area (Å²) in [5, 5.41) is -0.505. The second-order valence-corrected chi connectivity index (χ2v) is 4.50. The molecule has 0 saturated heterocycles. The maximum Gasteiger partial charge on any atom is 0.215 e. The Morgan fingerprint density at radius 3 is 2.40 bits per heavy atom. The molecular formula is C5H12ClNO2S. The Kier molecular flexibility index (Phi) is 4.24. The summed E-state index contributed by atoms with van der Waals surface area (Å²) < 4.78 is 24.3. The van der Waals surface area contributed by atoms with E-state index >= 15 is 0 Å². The molecule has 0 bridgehead atoms. The van der Waals surface area contributed by atoms with Crippen LogP contribution in [0.25, 0.3) is 0 Å². The monoisotopic (exact) mass is 185 g/mol. The second-order valence-electron chi connectivity index (χ2n) is 2.01. The van der Waals surface area contributed by atoms with Crippen molar-refractivity contribution in [2.45, 2.75) is 19.1 Å². The molecule has 0 aromatic rings. The van der Waals surface area contributed by atoms with Gasteiger partial charge >= 0.3 is 0 Å². The first kappa shape index (κ1) is 10.2. The summed E-state index contributed by atoms with van der Waals surface area (Å²) in [6.45, 7) is 3.73. The molecule has 5 heteroatoms. The highest BCUT2D eigenvalue weighted by molar-refractivity contribution is 7.90. The summed E-state index contributed by atoms with van der Waals surface area (Å²) in [6, 6.07) is 0. The van der Waals surface area contributed by atoms with Crippen LogP contribution in [0.5, 0.6) is 0 Å². The second kappa shape index (κ2) is 4.16. The maximum absolute atomic E-state index is 11.0. The lowest BCUT2D eigenvalue weighted by atomic mass is 10.6. The van der Waals surface area contributed by atoms with Crippen LogP contribution >= 0.6 is 11.6 Å². The molecule has 0 fully saturated rings. The number of nitrogens with one attached hydrogen (secondary N) is 1. The number of halogens is 1. The fourth-order valence-corrected chi connectivity index (χ4v) is 1.78. The number of hydrogen-bond acceptors (Lipinski definition) is 2. The zero-order valence-electron chi connectivity index (χ0n) is 6.09. The molecule has 0 aliphatic heterocycles. The lowest BCUT2D eigenvalue weighted by Gasteiger charge is -2.08. The van der Waals surface area contributed by atoms with E-state index < -0.39 is 15.3 Å². The van der Waals surface area contributed by atoms with E-state index in [0.717, 1.165) is 0 Å². The average Bonchev–Trinajstić information content (AvgIpc) is 1.86. The van der Waals surface area contributed by atoms with Gasteiger partial charge in [0.2, 0.25) is 10.0 Å². The summed E-state index contributed by atoms with van der Waals surface area (Å²) >= 11 is 5.35. The van der Waals surface area contributed by atoms with Crippen molar-refractivity contribution >= 4 is 21.6 Å². The number of rotatable bonds is 4. The zero-order chi connectivity index (χ0) is 8.20. The Hall–Kier alpha value is 0.200. The minimum Gasteiger partial charge on any atom is -0.215 e. The standard InChI is InChI=1S/C5H12ClNO2S/c1-3-7-10(8,9)5(2)4-6/h5,7H,3-4H2,1-2H3. The van der Waals surface area contributed by atoms with Crippen molar-refractivity contribution in [3.63, 3.8) is 0 Å². The molecule has 0 aromatic carbocycles. The van der Waals surface area contributed by atoms with Crippen molar-refractivity contribution in [2.24, 2.45) is 0 Å². The lowest BCUT2D eigenvalue weighted by Crippen LogP contribution is -2.33. The van der Waals surface area contributed by atoms with E-state index in [1.54, 1.807) is 13.8 Å². The van der Waals surface area contributed by atoms with Crippen molar-refractivity contribution in [2.75, 3.05) is 12.4 Å². The van der Waals surface area contributed by atoms with Crippen LogP contribution in [0.3, 0.4) is 0 Å². The van der Waals surface area contributed by atoms with Crippen molar-refractivity contribution in [3.8, 4) is 0 Å². The first-order valence-corrected chi connectivity index (χ1v) is 5.17. The smallest absolute Gasteiger partial charge is 0.215 e. The molecule has 3 nitrogen and oxygen atoms in total. The van der Waals surface area contributed by atoms with Gasteiger partial charge in [-0.3, -0.25) is 0 Å². The molecule has 10 heavy (non-hydrogen) atoms. The Labute approximate surface area is 66.8 Å². The van der Waals surface area contributed by atoms with E-state index in [4.69, 9.17) is 11.6 Å². The third-order valence-electron chi connectivity index (χ3n) is 1.09. The van der Waals surface area contributed by atoms with E-state index in [0.29, 0.717) is 6.54 Å². The first-order valence-electron chi connectivity index (χ1n) is 3.09. The van der Waals surface area contributed by atoms with Gasteiger partial charge in [-0.05, 0) is 6.92 Å². The Morgan fingerprint density at radius 1 is 1.60 bits per heavy atom. The molecule has 0 aromatic heterocycles. The van der Waals surface area contributed by atoms with Crippen LogP contribution in [0, 0.1) is 0 Å². The molecule has 0 rings (SSSR count). The molecule has 0 aliphatic rings. The van der Waals surface area contributed by atoms with Gasteiger partial charge in [-0.25, -0.2) is 13.1 Å². The normalized spacial score (nSPS) is 15.1. The van der Waals surface area contributed by atoms with Gasteiger partial charge < -0.3 is 0 Å². The molecular weight excluding hydrogens is 174 g/mol. The Bertz CT molecular complexity index is 178. The Balaban J connectivity index is 4.12. The third-order valence-corrected chi connectivity index (χ3v) is 3.66. The molecule has 0 aliphatic carbocycles. The fraction of sp³-hybridized carbons (Fsp3) is 1.00. The zero-order valence-corrected chi connectivity index (χ0v) is 7.67. The highest BCUT2D eigenvalue weighted by atomic mass is 35.5. The van der Waals surface area contributed by atoms with E-state index in [-0.39, 0.29) is 5.88 Å². The lowest BCUT2D eigenvalue weighted by molar-refractivity contribution is 0.575. The SMILES string of the molecule is CCNS(=O)(=O)C(C)CCl. The van der Waals surface area contributed by atoms with Gasteiger partial charge in [-0.2, -0.15) is 0 Å². The van der Waals surface area contributed by atoms with Gasteiger partial charge in [0.1, 0.15) is 0 Å². The molecule has 62 valence electrons. The topological polar surface area (TPSA) is 46.2 Å². The van der Waals surface area contributed by atoms with E-state index in [1.165, 1.54) is 0 Å². The summed E-state index contributed by atoms with van der Waals surface area (Å²) in [7, 11) is -3.14. The average molecular weight is 186 g/mol. The van der Waals surface area contributed by atoms with Gasteiger partial charge in [0, 0.05) is 12.4 Å². The van der Waals surface area contributed by atoms with Gasteiger partial charge in [0.05, 0.1) is 5.25 Å². The van der Waals surface area contributed by atoms with E-state index in [2.05, 4.69) is 4.72 Å². The molecule has 0 heterocycles.